The molecule has 0 radical (unpaired) electrons. The van der Waals surface area contributed by atoms with Crippen LogP contribution in [0.3, 0.4) is 0 Å². The van der Waals surface area contributed by atoms with Crippen LogP contribution in [0.4, 0.5) is 5.69 Å². The number of nitrogens with two attached hydrogens (primary N) is 2. The zero-order valence-corrected chi connectivity index (χ0v) is 10.9. The van der Waals surface area contributed by atoms with Gasteiger partial charge in [-0.2, -0.15) is 0 Å². The fraction of sp³-hybridized carbons (Fsp3) is 0.500. The van der Waals surface area contributed by atoms with Gasteiger partial charge in [-0.3, -0.25) is 0 Å². The summed E-state index contributed by atoms with van der Waals surface area (Å²) in [6.07, 6.45) is 4.80. The van der Waals surface area contributed by atoms with E-state index in [2.05, 4.69) is 0 Å². The van der Waals surface area contributed by atoms with Gasteiger partial charge in [0.15, 0.2) is 0 Å². The summed E-state index contributed by atoms with van der Waals surface area (Å²) in [5.74, 6) is 0.941. The normalized spacial score (nSPS) is 16.9. The third-order valence-corrected chi connectivity index (χ3v) is 4.25. The minimum absolute atomic E-state index is 0.0774. The molecule has 0 atom stereocenters. The molecule has 1 aromatic carbocycles. The molecule has 1 aliphatic carbocycles. The van der Waals surface area contributed by atoms with Crippen molar-refractivity contribution >= 4 is 15.7 Å². The van der Waals surface area contributed by atoms with Crippen LogP contribution >= 0.6 is 0 Å². The van der Waals surface area contributed by atoms with E-state index in [0.29, 0.717) is 18.3 Å². The van der Waals surface area contributed by atoms with Gasteiger partial charge >= 0.3 is 0 Å². The maximum atomic E-state index is 11.3. The average Bonchev–Trinajstić information content (AvgIpc) is 2.79. The molecule has 0 unspecified atom stereocenters. The van der Waals surface area contributed by atoms with Crippen molar-refractivity contribution in [3.05, 3.63) is 18.2 Å². The van der Waals surface area contributed by atoms with Crippen LogP contribution in [-0.4, -0.2) is 15.0 Å². The van der Waals surface area contributed by atoms with Crippen LogP contribution in [0.15, 0.2) is 23.1 Å². The van der Waals surface area contributed by atoms with Crippen molar-refractivity contribution in [1.82, 2.24) is 0 Å². The van der Waals surface area contributed by atoms with Crippen LogP contribution in [0.25, 0.3) is 0 Å². The third kappa shape index (κ3) is 2.94. The molecule has 0 bridgehead atoms. The predicted octanol–water partition coefficient (Wildman–Crippen LogP) is 1.49. The molecule has 5 nitrogen and oxygen atoms in total. The van der Waals surface area contributed by atoms with Gasteiger partial charge in [0.1, 0.15) is 10.6 Å². The zero-order valence-electron chi connectivity index (χ0n) is 10.1. The lowest BCUT2D eigenvalue weighted by Gasteiger charge is -2.14. The first-order chi connectivity index (χ1) is 8.48. The lowest BCUT2D eigenvalue weighted by atomic mass is 10.1. The number of para-hydroxylation sites is 1. The molecule has 1 aliphatic rings. The number of anilines is 1. The van der Waals surface area contributed by atoms with Gasteiger partial charge in [-0.1, -0.05) is 18.9 Å². The second-order valence-electron chi connectivity index (χ2n) is 4.67. The van der Waals surface area contributed by atoms with E-state index >= 15 is 0 Å². The molecule has 2 rings (SSSR count). The van der Waals surface area contributed by atoms with Crippen molar-refractivity contribution in [3.63, 3.8) is 0 Å². The maximum absolute atomic E-state index is 11.3. The molecule has 0 aromatic heterocycles. The van der Waals surface area contributed by atoms with Crippen LogP contribution in [0.2, 0.25) is 0 Å². The molecule has 0 heterocycles. The smallest absolute Gasteiger partial charge is 0.240 e. The SMILES string of the molecule is Nc1c(OCC2CCCC2)cccc1S(N)(=O)=O. The number of ether oxygens (including phenoxy) is 1. The van der Waals surface area contributed by atoms with Crippen LogP contribution in [0.1, 0.15) is 25.7 Å². The van der Waals surface area contributed by atoms with Gasteiger partial charge in [-0.25, -0.2) is 13.6 Å². The summed E-state index contributed by atoms with van der Waals surface area (Å²) in [5, 5.41) is 5.08. The summed E-state index contributed by atoms with van der Waals surface area (Å²) < 4.78 is 28.2. The van der Waals surface area contributed by atoms with E-state index in [4.69, 9.17) is 15.6 Å². The predicted molar refractivity (Wildman–Crippen MR) is 69.7 cm³/mol. The number of benzene rings is 1. The summed E-state index contributed by atoms with van der Waals surface area (Å²) in [7, 11) is -3.80. The summed E-state index contributed by atoms with van der Waals surface area (Å²) in [5.41, 5.74) is 5.87. The highest BCUT2D eigenvalue weighted by atomic mass is 32.2. The molecule has 100 valence electrons. The average molecular weight is 270 g/mol. The lowest BCUT2D eigenvalue weighted by Crippen LogP contribution is -2.15. The van der Waals surface area contributed by atoms with Gasteiger partial charge < -0.3 is 10.5 Å². The van der Waals surface area contributed by atoms with Crippen LogP contribution < -0.4 is 15.6 Å². The topological polar surface area (TPSA) is 95.4 Å². The van der Waals surface area contributed by atoms with Gasteiger partial charge in [0, 0.05) is 0 Å². The Morgan fingerprint density at radius 2 is 1.94 bits per heavy atom. The van der Waals surface area contributed by atoms with E-state index in [-0.39, 0.29) is 10.6 Å². The van der Waals surface area contributed by atoms with E-state index in [1.54, 1.807) is 12.1 Å². The van der Waals surface area contributed by atoms with E-state index < -0.39 is 10.0 Å². The number of sulfonamides is 1. The second kappa shape index (κ2) is 5.16. The first kappa shape index (κ1) is 13.2. The molecule has 0 amide bonds. The molecule has 0 saturated heterocycles. The molecular weight excluding hydrogens is 252 g/mol. The number of primary sulfonamides is 1. The number of hydrogen-bond acceptors (Lipinski definition) is 4. The summed E-state index contributed by atoms with van der Waals surface area (Å²) in [6.45, 7) is 0.582. The fourth-order valence-electron chi connectivity index (χ4n) is 2.28. The van der Waals surface area contributed by atoms with E-state index in [1.807, 2.05) is 0 Å². The first-order valence-corrected chi connectivity index (χ1v) is 7.57. The van der Waals surface area contributed by atoms with E-state index in [1.165, 1.54) is 18.9 Å². The number of nitrogen functional groups attached to an aromatic ring is 1. The standard InChI is InChI=1S/C12H18N2O3S/c13-12-10(17-8-9-4-1-2-5-9)6-3-7-11(12)18(14,15)16/h3,6-7,9H,1-2,4-5,8,13H2,(H2,14,15,16). The van der Waals surface area contributed by atoms with Crippen molar-refractivity contribution in [2.24, 2.45) is 11.1 Å². The molecule has 6 heteroatoms. The summed E-state index contributed by atoms with van der Waals surface area (Å²) in [4.78, 5) is -0.0774. The molecule has 18 heavy (non-hydrogen) atoms. The van der Waals surface area contributed by atoms with Crippen molar-refractivity contribution in [2.45, 2.75) is 30.6 Å². The minimum atomic E-state index is -3.80. The molecule has 1 saturated carbocycles. The van der Waals surface area contributed by atoms with Crippen molar-refractivity contribution in [3.8, 4) is 5.75 Å². The molecule has 4 N–H and O–H groups in total. The number of hydrogen-bond donors (Lipinski definition) is 2. The Balaban J connectivity index is 2.13. The lowest BCUT2D eigenvalue weighted by molar-refractivity contribution is 0.253. The van der Waals surface area contributed by atoms with Crippen molar-refractivity contribution < 1.29 is 13.2 Å². The van der Waals surface area contributed by atoms with Gasteiger partial charge in [-0.05, 0) is 30.9 Å². The van der Waals surface area contributed by atoms with Crippen LogP contribution in [0, 0.1) is 5.92 Å². The quantitative estimate of drug-likeness (QED) is 0.810. The highest BCUT2D eigenvalue weighted by Gasteiger charge is 2.18. The minimum Gasteiger partial charge on any atom is -0.491 e. The monoisotopic (exact) mass is 270 g/mol. The zero-order chi connectivity index (χ0) is 13.2. The Morgan fingerprint density at radius 3 is 2.56 bits per heavy atom. The Labute approximate surface area is 107 Å². The molecule has 1 aromatic rings. The molecule has 0 aliphatic heterocycles. The van der Waals surface area contributed by atoms with Crippen LogP contribution in [-0.2, 0) is 10.0 Å². The van der Waals surface area contributed by atoms with Crippen molar-refractivity contribution in [1.29, 1.82) is 0 Å². The Kier molecular flexibility index (Phi) is 3.77. The second-order valence-corrected chi connectivity index (χ2v) is 6.20. The molecular formula is C12H18N2O3S. The Morgan fingerprint density at radius 1 is 1.28 bits per heavy atom. The highest BCUT2D eigenvalue weighted by molar-refractivity contribution is 7.89. The molecule has 0 spiro atoms. The third-order valence-electron chi connectivity index (χ3n) is 3.28. The Hall–Kier alpha value is -1.27. The maximum Gasteiger partial charge on any atom is 0.240 e. The van der Waals surface area contributed by atoms with Gasteiger partial charge in [0.25, 0.3) is 0 Å². The molecule has 1 fully saturated rings. The number of rotatable bonds is 4. The van der Waals surface area contributed by atoms with Gasteiger partial charge in [-0.15, -0.1) is 0 Å². The van der Waals surface area contributed by atoms with Gasteiger partial charge in [0.05, 0.1) is 12.3 Å². The van der Waals surface area contributed by atoms with Crippen LogP contribution in [0.5, 0.6) is 5.75 Å². The van der Waals surface area contributed by atoms with Crippen molar-refractivity contribution in [2.75, 3.05) is 12.3 Å². The highest BCUT2D eigenvalue weighted by Crippen LogP contribution is 2.30. The van der Waals surface area contributed by atoms with Gasteiger partial charge in [0.2, 0.25) is 10.0 Å². The summed E-state index contributed by atoms with van der Waals surface area (Å²) >= 11 is 0. The largest absolute Gasteiger partial charge is 0.491 e. The van der Waals surface area contributed by atoms with E-state index in [9.17, 15) is 8.42 Å². The fourth-order valence-corrected chi connectivity index (χ4v) is 2.96. The summed E-state index contributed by atoms with van der Waals surface area (Å²) in [6, 6.07) is 4.63. The Bertz CT molecular complexity index is 522. The first-order valence-electron chi connectivity index (χ1n) is 6.02. The van der Waals surface area contributed by atoms with E-state index in [0.717, 1.165) is 12.8 Å².